The molecular formula is C21H30IN3O. The molecule has 5 heteroatoms. The molecule has 0 bridgehead atoms. The first-order valence-corrected chi connectivity index (χ1v) is 8.90. The minimum atomic E-state index is 0. The maximum atomic E-state index is 9.31. The van der Waals surface area contributed by atoms with Gasteiger partial charge in [0.15, 0.2) is 5.96 Å². The van der Waals surface area contributed by atoms with Gasteiger partial charge in [0.1, 0.15) is 5.75 Å². The number of nitrogens with zero attached hydrogens (tertiary/aromatic N) is 1. The molecule has 0 saturated heterocycles. The number of nitrogens with one attached hydrogen (secondary N) is 2. The minimum Gasteiger partial charge on any atom is -0.508 e. The third-order valence-electron chi connectivity index (χ3n) is 4.53. The van der Waals surface area contributed by atoms with Crippen LogP contribution in [0.1, 0.15) is 37.3 Å². The Labute approximate surface area is 174 Å². The lowest BCUT2D eigenvalue weighted by Crippen LogP contribution is -2.44. The number of benzene rings is 2. The van der Waals surface area contributed by atoms with Crippen LogP contribution in [-0.4, -0.2) is 30.7 Å². The summed E-state index contributed by atoms with van der Waals surface area (Å²) >= 11 is 0. The lowest BCUT2D eigenvalue weighted by atomic mass is 9.94. The van der Waals surface area contributed by atoms with Gasteiger partial charge in [-0.15, -0.1) is 24.0 Å². The molecule has 0 heterocycles. The molecule has 26 heavy (non-hydrogen) atoms. The maximum absolute atomic E-state index is 9.31. The van der Waals surface area contributed by atoms with Crippen LogP contribution in [0.15, 0.2) is 59.6 Å². The summed E-state index contributed by atoms with van der Waals surface area (Å²) in [5.41, 5.74) is 2.55. The van der Waals surface area contributed by atoms with Crippen molar-refractivity contribution in [2.75, 3.05) is 13.6 Å². The number of halogens is 1. The van der Waals surface area contributed by atoms with Gasteiger partial charge in [0.25, 0.3) is 0 Å². The van der Waals surface area contributed by atoms with Crippen LogP contribution in [0.2, 0.25) is 0 Å². The molecule has 2 unspecified atom stereocenters. The summed E-state index contributed by atoms with van der Waals surface area (Å²) < 4.78 is 0. The van der Waals surface area contributed by atoms with Crippen LogP contribution in [0.4, 0.5) is 0 Å². The third-order valence-corrected chi connectivity index (χ3v) is 4.53. The Morgan fingerprint density at radius 2 is 1.69 bits per heavy atom. The second-order valence-electron chi connectivity index (χ2n) is 6.40. The SMILES string of the molecule is CN=C(NCCCc1ccc(O)cc1)NC(C)C(C)c1ccccc1.I. The largest absolute Gasteiger partial charge is 0.508 e. The summed E-state index contributed by atoms with van der Waals surface area (Å²) in [6, 6.07) is 18.2. The van der Waals surface area contributed by atoms with E-state index in [2.05, 4.69) is 53.7 Å². The Bertz CT molecular complexity index is 659. The van der Waals surface area contributed by atoms with E-state index in [1.165, 1.54) is 11.1 Å². The van der Waals surface area contributed by atoms with Gasteiger partial charge in [0, 0.05) is 25.6 Å². The van der Waals surface area contributed by atoms with Gasteiger partial charge in [-0.05, 0) is 43.0 Å². The molecule has 2 atom stereocenters. The lowest BCUT2D eigenvalue weighted by molar-refractivity contribution is 0.475. The van der Waals surface area contributed by atoms with Crippen LogP contribution in [0, 0.1) is 0 Å². The zero-order valence-corrected chi connectivity index (χ0v) is 18.1. The van der Waals surface area contributed by atoms with E-state index in [4.69, 9.17) is 0 Å². The predicted molar refractivity (Wildman–Crippen MR) is 121 cm³/mol. The van der Waals surface area contributed by atoms with E-state index in [9.17, 15) is 5.11 Å². The molecule has 0 fully saturated rings. The van der Waals surface area contributed by atoms with Gasteiger partial charge in [0.2, 0.25) is 0 Å². The Morgan fingerprint density at radius 3 is 2.31 bits per heavy atom. The number of hydrogen-bond acceptors (Lipinski definition) is 2. The van der Waals surface area contributed by atoms with Crippen molar-refractivity contribution in [1.29, 1.82) is 0 Å². The van der Waals surface area contributed by atoms with Crippen LogP contribution in [0.3, 0.4) is 0 Å². The second-order valence-corrected chi connectivity index (χ2v) is 6.40. The molecule has 0 saturated carbocycles. The summed E-state index contributed by atoms with van der Waals surface area (Å²) in [7, 11) is 1.80. The van der Waals surface area contributed by atoms with Crippen molar-refractivity contribution in [3.8, 4) is 5.75 Å². The highest BCUT2D eigenvalue weighted by Crippen LogP contribution is 2.18. The number of aliphatic imine (C=N–C) groups is 1. The number of rotatable bonds is 7. The van der Waals surface area contributed by atoms with Crippen molar-refractivity contribution in [1.82, 2.24) is 10.6 Å². The Hall–Kier alpha value is -1.76. The van der Waals surface area contributed by atoms with Crippen LogP contribution >= 0.6 is 24.0 Å². The number of aromatic hydroxyl groups is 1. The molecule has 0 spiro atoms. The zero-order chi connectivity index (χ0) is 18.1. The molecule has 2 aromatic carbocycles. The fraction of sp³-hybridized carbons (Fsp3) is 0.381. The molecule has 0 aliphatic carbocycles. The summed E-state index contributed by atoms with van der Waals surface area (Å²) in [6.45, 7) is 5.26. The van der Waals surface area contributed by atoms with E-state index >= 15 is 0 Å². The first-order valence-electron chi connectivity index (χ1n) is 8.90. The monoisotopic (exact) mass is 467 g/mol. The molecule has 2 rings (SSSR count). The molecule has 3 N–H and O–H groups in total. The van der Waals surface area contributed by atoms with Gasteiger partial charge < -0.3 is 15.7 Å². The maximum Gasteiger partial charge on any atom is 0.191 e. The van der Waals surface area contributed by atoms with Crippen molar-refractivity contribution in [2.24, 2.45) is 4.99 Å². The third kappa shape index (κ3) is 7.23. The molecular weight excluding hydrogens is 437 g/mol. The van der Waals surface area contributed by atoms with E-state index in [-0.39, 0.29) is 30.0 Å². The number of aryl methyl sites for hydroxylation is 1. The molecule has 0 radical (unpaired) electrons. The van der Waals surface area contributed by atoms with Crippen molar-refractivity contribution in [3.63, 3.8) is 0 Å². The lowest BCUT2D eigenvalue weighted by Gasteiger charge is -2.24. The normalized spacial score (nSPS) is 13.4. The van der Waals surface area contributed by atoms with Crippen LogP contribution in [0.5, 0.6) is 5.75 Å². The van der Waals surface area contributed by atoms with Gasteiger partial charge in [-0.1, -0.05) is 49.4 Å². The quantitative estimate of drug-likeness (QED) is 0.246. The summed E-state index contributed by atoms with van der Waals surface area (Å²) in [6.07, 6.45) is 1.98. The Kier molecular flexibility index (Phi) is 10.1. The van der Waals surface area contributed by atoms with Crippen molar-refractivity contribution >= 4 is 29.9 Å². The smallest absolute Gasteiger partial charge is 0.191 e. The molecule has 2 aromatic rings. The molecule has 0 aromatic heterocycles. The number of phenols is 1. The van der Waals surface area contributed by atoms with E-state index < -0.39 is 0 Å². The molecule has 0 amide bonds. The average molecular weight is 467 g/mol. The summed E-state index contributed by atoms with van der Waals surface area (Å²) in [5, 5.41) is 16.2. The number of hydrogen-bond donors (Lipinski definition) is 3. The van der Waals surface area contributed by atoms with E-state index in [1.807, 2.05) is 18.2 Å². The highest BCUT2D eigenvalue weighted by molar-refractivity contribution is 14.0. The Morgan fingerprint density at radius 1 is 1.04 bits per heavy atom. The molecule has 0 aliphatic heterocycles. The van der Waals surface area contributed by atoms with Crippen molar-refractivity contribution < 1.29 is 5.11 Å². The van der Waals surface area contributed by atoms with Gasteiger partial charge in [-0.3, -0.25) is 4.99 Å². The second kappa shape index (κ2) is 11.8. The zero-order valence-electron chi connectivity index (χ0n) is 15.8. The van der Waals surface area contributed by atoms with Gasteiger partial charge in [-0.25, -0.2) is 0 Å². The average Bonchev–Trinajstić information content (AvgIpc) is 2.65. The van der Waals surface area contributed by atoms with Crippen molar-refractivity contribution in [2.45, 2.75) is 38.6 Å². The molecule has 0 aliphatic rings. The highest BCUT2D eigenvalue weighted by atomic mass is 127. The topological polar surface area (TPSA) is 56.7 Å². The van der Waals surface area contributed by atoms with E-state index in [0.717, 1.165) is 25.3 Å². The molecule has 142 valence electrons. The van der Waals surface area contributed by atoms with Crippen molar-refractivity contribution in [3.05, 3.63) is 65.7 Å². The van der Waals surface area contributed by atoms with E-state index in [1.54, 1.807) is 19.2 Å². The highest BCUT2D eigenvalue weighted by Gasteiger charge is 2.15. The van der Waals surface area contributed by atoms with Gasteiger partial charge in [-0.2, -0.15) is 0 Å². The van der Waals surface area contributed by atoms with Crippen LogP contribution in [0.25, 0.3) is 0 Å². The van der Waals surface area contributed by atoms with Gasteiger partial charge in [0.05, 0.1) is 0 Å². The first-order chi connectivity index (χ1) is 12.1. The molecule has 4 nitrogen and oxygen atoms in total. The number of guanidine groups is 1. The standard InChI is InChI=1S/C21H29N3O.HI/c1-16(19-9-5-4-6-10-19)17(2)24-21(22-3)23-15-7-8-18-11-13-20(25)14-12-18;/h4-6,9-14,16-17,25H,7-8,15H2,1-3H3,(H2,22,23,24);1H. The number of phenolic OH excluding ortho intramolecular Hbond substituents is 1. The van der Waals surface area contributed by atoms with Crippen LogP contribution < -0.4 is 10.6 Å². The van der Waals surface area contributed by atoms with Gasteiger partial charge >= 0.3 is 0 Å². The van der Waals surface area contributed by atoms with Crippen LogP contribution in [-0.2, 0) is 6.42 Å². The predicted octanol–water partition coefficient (Wildman–Crippen LogP) is 4.30. The van der Waals surface area contributed by atoms with E-state index in [0.29, 0.717) is 11.7 Å². The summed E-state index contributed by atoms with van der Waals surface area (Å²) in [4.78, 5) is 4.32. The fourth-order valence-electron chi connectivity index (χ4n) is 2.74. The first kappa shape index (κ1) is 22.3. The summed E-state index contributed by atoms with van der Waals surface area (Å²) in [5.74, 6) is 1.55. The fourth-order valence-corrected chi connectivity index (χ4v) is 2.74. The Balaban J connectivity index is 0.00000338. The minimum absolute atomic E-state index is 0.